The predicted octanol–water partition coefficient (Wildman–Crippen LogP) is -0.889. The smallest absolute Gasteiger partial charge is 0.307 e. The molecule has 0 spiro atoms. The molecule has 64 valence electrons. The SMILES string of the molecule is COC(=O)C[C@@H]1CNCCN1. The average Bonchev–Trinajstić information content (AvgIpc) is 2.06. The first-order valence-electron chi connectivity index (χ1n) is 3.84. The van der Waals surface area contributed by atoms with Crippen LogP contribution in [0.15, 0.2) is 0 Å². The van der Waals surface area contributed by atoms with Crippen LogP contribution in [-0.2, 0) is 9.53 Å². The van der Waals surface area contributed by atoms with Gasteiger partial charge in [0.15, 0.2) is 0 Å². The van der Waals surface area contributed by atoms with Crippen LogP contribution in [0.5, 0.6) is 0 Å². The first kappa shape index (κ1) is 8.49. The summed E-state index contributed by atoms with van der Waals surface area (Å²) in [6.45, 7) is 2.77. The van der Waals surface area contributed by atoms with Crippen LogP contribution in [0.25, 0.3) is 0 Å². The summed E-state index contributed by atoms with van der Waals surface area (Å²) in [7, 11) is 1.42. The van der Waals surface area contributed by atoms with E-state index in [1.807, 2.05) is 0 Å². The van der Waals surface area contributed by atoms with Crippen molar-refractivity contribution in [2.45, 2.75) is 12.5 Å². The molecule has 1 atom stereocenters. The van der Waals surface area contributed by atoms with E-state index in [9.17, 15) is 4.79 Å². The highest BCUT2D eigenvalue weighted by Gasteiger charge is 2.15. The minimum absolute atomic E-state index is 0.147. The van der Waals surface area contributed by atoms with Crippen LogP contribution in [0, 0.1) is 0 Å². The largest absolute Gasteiger partial charge is 0.469 e. The Labute approximate surface area is 66.3 Å². The molecule has 0 aromatic heterocycles. The minimum Gasteiger partial charge on any atom is -0.469 e. The van der Waals surface area contributed by atoms with E-state index in [1.165, 1.54) is 7.11 Å². The standard InChI is InChI=1S/C7H14N2O2/c1-11-7(10)4-6-5-8-2-3-9-6/h6,8-9H,2-5H2,1H3/t6-/m1/s1. The van der Waals surface area contributed by atoms with Crippen LogP contribution in [0.3, 0.4) is 0 Å². The predicted molar refractivity (Wildman–Crippen MR) is 41.3 cm³/mol. The molecule has 11 heavy (non-hydrogen) atoms. The second-order valence-corrected chi connectivity index (χ2v) is 2.64. The van der Waals surface area contributed by atoms with E-state index in [0.717, 1.165) is 19.6 Å². The summed E-state index contributed by atoms with van der Waals surface area (Å²) in [6.07, 6.45) is 0.462. The molecule has 4 nitrogen and oxygen atoms in total. The van der Waals surface area contributed by atoms with Crippen molar-refractivity contribution in [3.05, 3.63) is 0 Å². The molecule has 0 aromatic carbocycles. The van der Waals surface area contributed by atoms with Crippen LogP contribution in [0.2, 0.25) is 0 Å². The zero-order chi connectivity index (χ0) is 8.10. The molecule has 0 amide bonds. The maximum Gasteiger partial charge on any atom is 0.307 e. The van der Waals surface area contributed by atoms with Gasteiger partial charge in [-0.05, 0) is 0 Å². The van der Waals surface area contributed by atoms with Crippen molar-refractivity contribution in [1.29, 1.82) is 0 Å². The number of hydrogen-bond donors (Lipinski definition) is 2. The van der Waals surface area contributed by atoms with Crippen LogP contribution >= 0.6 is 0 Å². The number of ether oxygens (including phenoxy) is 1. The van der Waals surface area contributed by atoms with Crippen molar-refractivity contribution in [1.82, 2.24) is 10.6 Å². The van der Waals surface area contributed by atoms with Gasteiger partial charge >= 0.3 is 5.97 Å². The quantitative estimate of drug-likeness (QED) is 0.512. The number of carbonyl (C=O) groups is 1. The molecule has 0 aliphatic carbocycles. The van der Waals surface area contributed by atoms with Crippen LogP contribution < -0.4 is 10.6 Å². The summed E-state index contributed by atoms with van der Waals surface area (Å²) in [5.41, 5.74) is 0. The Hall–Kier alpha value is -0.610. The lowest BCUT2D eigenvalue weighted by atomic mass is 10.2. The van der Waals surface area contributed by atoms with Gasteiger partial charge in [-0.1, -0.05) is 0 Å². The number of esters is 1. The highest BCUT2D eigenvalue weighted by atomic mass is 16.5. The first-order chi connectivity index (χ1) is 5.33. The lowest BCUT2D eigenvalue weighted by Crippen LogP contribution is -2.49. The highest BCUT2D eigenvalue weighted by Crippen LogP contribution is 1.95. The Kier molecular flexibility index (Phi) is 3.32. The van der Waals surface area contributed by atoms with Gasteiger partial charge in [-0.3, -0.25) is 4.79 Å². The van der Waals surface area contributed by atoms with Crippen molar-refractivity contribution in [2.75, 3.05) is 26.7 Å². The lowest BCUT2D eigenvalue weighted by Gasteiger charge is -2.23. The van der Waals surface area contributed by atoms with Crippen molar-refractivity contribution in [2.24, 2.45) is 0 Å². The third-order valence-electron chi connectivity index (χ3n) is 1.77. The van der Waals surface area contributed by atoms with Crippen LogP contribution in [-0.4, -0.2) is 38.8 Å². The van der Waals surface area contributed by atoms with Crippen molar-refractivity contribution in [3.63, 3.8) is 0 Å². The first-order valence-corrected chi connectivity index (χ1v) is 3.84. The summed E-state index contributed by atoms with van der Waals surface area (Å²) in [5, 5.41) is 6.41. The molecule has 4 heteroatoms. The third kappa shape index (κ3) is 2.86. The summed E-state index contributed by atoms with van der Waals surface area (Å²) < 4.78 is 4.55. The van der Waals surface area contributed by atoms with Gasteiger partial charge in [0.25, 0.3) is 0 Å². The van der Waals surface area contributed by atoms with E-state index < -0.39 is 0 Å². The van der Waals surface area contributed by atoms with Gasteiger partial charge in [0.05, 0.1) is 13.5 Å². The lowest BCUT2D eigenvalue weighted by molar-refractivity contribution is -0.141. The van der Waals surface area contributed by atoms with E-state index in [0.29, 0.717) is 6.42 Å². The second kappa shape index (κ2) is 4.31. The Morgan fingerprint density at radius 2 is 2.45 bits per heavy atom. The zero-order valence-electron chi connectivity index (χ0n) is 6.72. The Bertz CT molecular complexity index is 132. The molecular formula is C7H14N2O2. The highest BCUT2D eigenvalue weighted by molar-refractivity contribution is 5.69. The van der Waals surface area contributed by atoms with Gasteiger partial charge in [-0.15, -0.1) is 0 Å². The summed E-state index contributed by atoms with van der Waals surface area (Å²) in [4.78, 5) is 10.8. The molecule has 0 radical (unpaired) electrons. The maximum atomic E-state index is 10.8. The number of carbonyl (C=O) groups excluding carboxylic acids is 1. The molecule has 2 N–H and O–H groups in total. The van der Waals surface area contributed by atoms with Gasteiger partial charge in [-0.2, -0.15) is 0 Å². The Balaban J connectivity index is 2.19. The van der Waals surface area contributed by atoms with Crippen LogP contribution in [0.4, 0.5) is 0 Å². The number of nitrogens with one attached hydrogen (secondary N) is 2. The fourth-order valence-corrected chi connectivity index (χ4v) is 1.14. The van der Waals surface area contributed by atoms with Gasteiger partial charge in [-0.25, -0.2) is 0 Å². The number of rotatable bonds is 2. The maximum absolute atomic E-state index is 10.8. The summed E-state index contributed by atoms with van der Waals surface area (Å²) in [6, 6.07) is 0.246. The zero-order valence-corrected chi connectivity index (χ0v) is 6.72. The van der Waals surface area contributed by atoms with Gasteiger partial charge in [0, 0.05) is 25.7 Å². The second-order valence-electron chi connectivity index (χ2n) is 2.64. The van der Waals surface area contributed by atoms with Crippen LogP contribution in [0.1, 0.15) is 6.42 Å². The van der Waals surface area contributed by atoms with Gasteiger partial charge in [0.1, 0.15) is 0 Å². The van der Waals surface area contributed by atoms with Gasteiger partial charge < -0.3 is 15.4 Å². The monoisotopic (exact) mass is 158 g/mol. The van der Waals surface area contributed by atoms with E-state index in [4.69, 9.17) is 0 Å². The molecule has 0 saturated carbocycles. The molecule has 0 bridgehead atoms. The number of hydrogen-bond acceptors (Lipinski definition) is 4. The molecule has 0 aromatic rings. The normalized spacial score (nSPS) is 24.6. The number of piperazine rings is 1. The van der Waals surface area contributed by atoms with E-state index >= 15 is 0 Å². The van der Waals surface area contributed by atoms with Crippen molar-refractivity contribution >= 4 is 5.97 Å². The molecule has 1 aliphatic rings. The molecule has 1 aliphatic heterocycles. The Morgan fingerprint density at radius 1 is 1.64 bits per heavy atom. The molecular weight excluding hydrogens is 144 g/mol. The molecule has 1 fully saturated rings. The third-order valence-corrected chi connectivity index (χ3v) is 1.77. The fourth-order valence-electron chi connectivity index (χ4n) is 1.14. The summed E-state index contributed by atoms with van der Waals surface area (Å²) in [5.74, 6) is -0.147. The van der Waals surface area contributed by atoms with Crippen molar-refractivity contribution < 1.29 is 9.53 Å². The van der Waals surface area contributed by atoms with E-state index in [-0.39, 0.29) is 12.0 Å². The van der Waals surface area contributed by atoms with Gasteiger partial charge in [0.2, 0.25) is 0 Å². The molecule has 1 saturated heterocycles. The fraction of sp³-hybridized carbons (Fsp3) is 0.857. The number of methoxy groups -OCH3 is 1. The Morgan fingerprint density at radius 3 is 3.00 bits per heavy atom. The molecule has 0 unspecified atom stereocenters. The summed E-state index contributed by atoms with van der Waals surface area (Å²) >= 11 is 0. The van der Waals surface area contributed by atoms with Crippen molar-refractivity contribution in [3.8, 4) is 0 Å². The molecule has 1 heterocycles. The topological polar surface area (TPSA) is 50.4 Å². The van der Waals surface area contributed by atoms with E-state index in [2.05, 4.69) is 15.4 Å². The average molecular weight is 158 g/mol. The molecule has 1 rings (SSSR count). The minimum atomic E-state index is -0.147. The van der Waals surface area contributed by atoms with E-state index in [1.54, 1.807) is 0 Å².